The van der Waals surface area contributed by atoms with E-state index in [1.165, 1.54) is 37.6 Å². The monoisotopic (exact) mass is 380 g/mol. The summed E-state index contributed by atoms with van der Waals surface area (Å²) in [4.78, 5) is 26.4. The molecule has 1 heterocycles. The molecule has 8 nitrogen and oxygen atoms in total. The van der Waals surface area contributed by atoms with Crippen LogP contribution in [-0.4, -0.2) is 41.8 Å². The minimum absolute atomic E-state index is 0.00454. The summed E-state index contributed by atoms with van der Waals surface area (Å²) in [5.74, 6) is -1.39. The molecule has 0 saturated heterocycles. The number of pyridine rings is 1. The second-order valence-corrected chi connectivity index (χ2v) is 5.77. The first-order valence-corrected chi connectivity index (χ1v) is 7.85. The molecule has 0 unspecified atom stereocenters. The standard InChI is InChI=1S/C17H17ClN2O6/c1-9(8-24-2)25-12-3-10(17(22)23)4-13(6-12)26-16-14(18)5-11(7-20-16)15(19)21/h3-7,9H,8H2,1-2H3,(H2,19,21)(H,22,23)/t9-/m0/s1. The van der Waals surface area contributed by atoms with Crippen molar-refractivity contribution in [3.63, 3.8) is 0 Å². The minimum atomic E-state index is -1.15. The van der Waals surface area contributed by atoms with Crippen LogP contribution in [0.25, 0.3) is 0 Å². The van der Waals surface area contributed by atoms with Gasteiger partial charge in [-0.2, -0.15) is 0 Å². The Labute approximate surface area is 154 Å². The molecule has 1 aromatic heterocycles. The molecule has 26 heavy (non-hydrogen) atoms. The van der Waals surface area contributed by atoms with Gasteiger partial charge in [-0.05, 0) is 25.1 Å². The number of amides is 1. The number of ether oxygens (including phenoxy) is 3. The van der Waals surface area contributed by atoms with E-state index >= 15 is 0 Å². The zero-order valence-electron chi connectivity index (χ0n) is 14.1. The molecule has 9 heteroatoms. The lowest BCUT2D eigenvalue weighted by molar-refractivity contribution is 0.0693. The van der Waals surface area contributed by atoms with E-state index in [0.717, 1.165) is 0 Å². The van der Waals surface area contributed by atoms with Crippen molar-refractivity contribution >= 4 is 23.5 Å². The summed E-state index contributed by atoms with van der Waals surface area (Å²) < 4.78 is 16.2. The van der Waals surface area contributed by atoms with Gasteiger partial charge in [-0.3, -0.25) is 4.79 Å². The number of hydrogen-bond donors (Lipinski definition) is 2. The molecule has 0 saturated carbocycles. The third-order valence-electron chi connectivity index (χ3n) is 3.17. The summed E-state index contributed by atoms with van der Waals surface area (Å²) in [6.45, 7) is 2.11. The summed E-state index contributed by atoms with van der Waals surface area (Å²) >= 11 is 6.03. The molecular formula is C17H17ClN2O6. The molecule has 2 aromatic rings. The normalized spacial score (nSPS) is 11.7. The number of nitrogens with zero attached hydrogens (tertiary/aromatic N) is 1. The van der Waals surface area contributed by atoms with E-state index in [0.29, 0.717) is 6.61 Å². The number of benzene rings is 1. The third-order valence-corrected chi connectivity index (χ3v) is 3.44. The van der Waals surface area contributed by atoms with Crippen LogP contribution in [0.2, 0.25) is 5.02 Å². The van der Waals surface area contributed by atoms with Gasteiger partial charge in [0.25, 0.3) is 0 Å². The van der Waals surface area contributed by atoms with Crippen LogP contribution in [0.1, 0.15) is 27.6 Å². The molecule has 0 aliphatic carbocycles. The lowest BCUT2D eigenvalue weighted by Crippen LogP contribution is -2.18. The van der Waals surface area contributed by atoms with Gasteiger partial charge in [0.05, 0.1) is 17.7 Å². The molecule has 0 spiro atoms. The van der Waals surface area contributed by atoms with Crippen LogP contribution in [0.4, 0.5) is 0 Å². The van der Waals surface area contributed by atoms with Gasteiger partial charge in [0.2, 0.25) is 11.8 Å². The van der Waals surface area contributed by atoms with Crippen molar-refractivity contribution in [2.75, 3.05) is 13.7 Å². The third kappa shape index (κ3) is 5.08. The molecular weight excluding hydrogens is 364 g/mol. The molecule has 2 rings (SSSR count). The van der Waals surface area contributed by atoms with Crippen molar-refractivity contribution in [1.82, 2.24) is 4.98 Å². The average Bonchev–Trinajstić information content (AvgIpc) is 2.56. The molecule has 0 aliphatic rings. The van der Waals surface area contributed by atoms with Crippen molar-refractivity contribution in [3.8, 4) is 17.4 Å². The highest BCUT2D eigenvalue weighted by Crippen LogP contribution is 2.31. The molecule has 1 aromatic carbocycles. The highest BCUT2D eigenvalue weighted by atomic mass is 35.5. The lowest BCUT2D eigenvalue weighted by atomic mass is 10.2. The van der Waals surface area contributed by atoms with Gasteiger partial charge >= 0.3 is 5.97 Å². The highest BCUT2D eigenvalue weighted by molar-refractivity contribution is 6.32. The largest absolute Gasteiger partial charge is 0.488 e. The van der Waals surface area contributed by atoms with Crippen molar-refractivity contribution in [2.45, 2.75) is 13.0 Å². The van der Waals surface area contributed by atoms with Crippen LogP contribution in [-0.2, 0) is 4.74 Å². The van der Waals surface area contributed by atoms with Crippen molar-refractivity contribution < 1.29 is 28.9 Å². The maximum Gasteiger partial charge on any atom is 0.335 e. The average molecular weight is 381 g/mol. The van der Waals surface area contributed by atoms with E-state index in [9.17, 15) is 14.7 Å². The van der Waals surface area contributed by atoms with E-state index in [1.807, 2.05) is 0 Å². The quantitative estimate of drug-likeness (QED) is 0.722. The summed E-state index contributed by atoms with van der Waals surface area (Å²) in [6, 6.07) is 5.48. The SMILES string of the molecule is COC[C@H](C)Oc1cc(Oc2ncc(C(N)=O)cc2Cl)cc(C(=O)O)c1. The van der Waals surface area contributed by atoms with Gasteiger partial charge in [0.1, 0.15) is 22.6 Å². The van der Waals surface area contributed by atoms with Crippen LogP contribution in [0.5, 0.6) is 17.4 Å². The molecule has 0 aliphatic heterocycles. The Hall–Kier alpha value is -2.84. The maximum absolute atomic E-state index is 11.3. The first-order valence-electron chi connectivity index (χ1n) is 7.47. The zero-order chi connectivity index (χ0) is 19.3. The topological polar surface area (TPSA) is 121 Å². The Morgan fingerprint density at radius 1 is 1.23 bits per heavy atom. The van der Waals surface area contributed by atoms with Crippen LogP contribution in [0.3, 0.4) is 0 Å². The molecule has 0 bridgehead atoms. The Bertz CT molecular complexity index is 827. The van der Waals surface area contributed by atoms with Gasteiger partial charge in [-0.25, -0.2) is 9.78 Å². The number of methoxy groups -OCH3 is 1. The van der Waals surface area contributed by atoms with E-state index < -0.39 is 11.9 Å². The number of carboxylic acid groups (broad SMARTS) is 1. The number of aromatic carboxylic acids is 1. The van der Waals surface area contributed by atoms with Crippen molar-refractivity contribution in [1.29, 1.82) is 0 Å². The highest BCUT2D eigenvalue weighted by Gasteiger charge is 2.14. The Balaban J connectivity index is 2.32. The van der Waals surface area contributed by atoms with E-state index in [1.54, 1.807) is 6.92 Å². The number of hydrogen-bond acceptors (Lipinski definition) is 6. The van der Waals surface area contributed by atoms with Crippen LogP contribution in [0, 0.1) is 0 Å². The van der Waals surface area contributed by atoms with Crippen molar-refractivity contribution in [2.24, 2.45) is 5.73 Å². The predicted octanol–water partition coefficient (Wildman–Crippen LogP) is 2.74. The number of carboxylic acids is 1. The van der Waals surface area contributed by atoms with Gasteiger partial charge in [0, 0.05) is 19.4 Å². The fourth-order valence-corrected chi connectivity index (χ4v) is 2.27. The smallest absolute Gasteiger partial charge is 0.335 e. The zero-order valence-corrected chi connectivity index (χ0v) is 14.8. The van der Waals surface area contributed by atoms with Crippen LogP contribution >= 0.6 is 11.6 Å². The molecule has 1 atom stereocenters. The number of nitrogens with two attached hydrogens (primary N) is 1. The van der Waals surface area contributed by atoms with E-state index in [-0.39, 0.29) is 39.6 Å². The first-order chi connectivity index (χ1) is 12.3. The molecule has 1 amide bonds. The van der Waals surface area contributed by atoms with E-state index in [4.69, 9.17) is 31.5 Å². The first kappa shape index (κ1) is 19.5. The summed E-state index contributed by atoms with van der Waals surface area (Å²) in [5.41, 5.74) is 5.25. The molecule has 138 valence electrons. The fraction of sp³-hybridized carbons (Fsp3) is 0.235. The number of rotatable bonds is 8. The van der Waals surface area contributed by atoms with Crippen LogP contribution in [0.15, 0.2) is 30.5 Å². The van der Waals surface area contributed by atoms with Crippen LogP contribution < -0.4 is 15.2 Å². The summed E-state index contributed by atoms with van der Waals surface area (Å²) in [7, 11) is 1.53. The molecule has 0 fully saturated rings. The summed E-state index contributed by atoms with van der Waals surface area (Å²) in [5, 5.41) is 9.31. The molecule has 0 radical (unpaired) electrons. The van der Waals surface area contributed by atoms with Gasteiger partial charge in [-0.1, -0.05) is 11.6 Å². The Kier molecular flexibility index (Phi) is 6.37. The second kappa shape index (κ2) is 8.50. The van der Waals surface area contributed by atoms with E-state index in [2.05, 4.69) is 4.98 Å². The number of aromatic nitrogens is 1. The second-order valence-electron chi connectivity index (χ2n) is 5.36. The Morgan fingerprint density at radius 2 is 1.92 bits per heavy atom. The summed E-state index contributed by atoms with van der Waals surface area (Å²) in [6.07, 6.45) is 0.913. The van der Waals surface area contributed by atoms with Gasteiger partial charge in [-0.15, -0.1) is 0 Å². The van der Waals surface area contributed by atoms with Gasteiger partial charge in [0.15, 0.2) is 0 Å². The fourth-order valence-electron chi connectivity index (χ4n) is 2.07. The lowest BCUT2D eigenvalue weighted by Gasteiger charge is -2.15. The number of primary amides is 1. The molecule has 3 N–H and O–H groups in total. The Morgan fingerprint density at radius 3 is 2.50 bits per heavy atom. The number of carbonyl (C=O) groups is 2. The maximum atomic E-state index is 11.3. The minimum Gasteiger partial charge on any atom is -0.488 e. The van der Waals surface area contributed by atoms with Crippen molar-refractivity contribution in [3.05, 3.63) is 46.6 Å². The number of carbonyl (C=O) groups excluding carboxylic acids is 1. The predicted molar refractivity (Wildman–Crippen MR) is 93.2 cm³/mol. The van der Waals surface area contributed by atoms with Gasteiger partial charge < -0.3 is 25.1 Å². The number of halogens is 1.